The lowest BCUT2D eigenvalue weighted by molar-refractivity contribution is 0.0322. The van der Waals surface area contributed by atoms with E-state index in [1.165, 1.54) is 64.2 Å². The molecule has 3 unspecified atom stereocenters. The van der Waals surface area contributed by atoms with Crippen LogP contribution in [0, 0.1) is 18.3 Å². The molecule has 5 rings (SSSR count). The average molecular weight is 601 g/mol. The molecule has 1 aliphatic carbocycles. The quantitative estimate of drug-likeness (QED) is 0.290. The molecule has 0 bridgehead atoms. The Morgan fingerprint density at radius 2 is 1.77 bits per heavy atom. The maximum atomic E-state index is 13.7. The topological polar surface area (TPSA) is 97.0 Å². The summed E-state index contributed by atoms with van der Waals surface area (Å²) in [7, 11) is 3.70. The van der Waals surface area contributed by atoms with Gasteiger partial charge in [0, 0.05) is 63.1 Å². The first-order chi connectivity index (χ1) is 21.4. The van der Waals surface area contributed by atoms with E-state index in [0.29, 0.717) is 36.2 Å². The highest BCUT2D eigenvalue weighted by molar-refractivity contribution is 5.96. The Labute approximate surface area is 263 Å². The van der Waals surface area contributed by atoms with Gasteiger partial charge in [0.1, 0.15) is 0 Å². The Hall–Kier alpha value is -3.23. The standard InChI is InChI=1S/C36H52N6O2/c1-26-23-38-15-14-33(26)29-18-27(25-42-17-16-41(2)36(42)37)19-30(20-29)35(43)39-24-31-21-32(44-3)22-34(40-31)28-12-10-8-6-4-5-7-9-11-13-28/h14-20,23,28,31-32,34,37,40H,4-13,21-22,24-25H2,1-3H3,(H,39,43). The summed E-state index contributed by atoms with van der Waals surface area (Å²) in [5.41, 5.74) is 5.13. The van der Waals surface area contributed by atoms with Crippen LogP contribution in [0.2, 0.25) is 0 Å². The van der Waals surface area contributed by atoms with Gasteiger partial charge in [0.2, 0.25) is 5.62 Å². The molecule has 0 spiro atoms. The number of amides is 1. The minimum Gasteiger partial charge on any atom is -0.381 e. The molecule has 8 nitrogen and oxygen atoms in total. The van der Waals surface area contributed by atoms with Gasteiger partial charge >= 0.3 is 0 Å². The van der Waals surface area contributed by atoms with Crippen LogP contribution in [0.15, 0.2) is 49.1 Å². The molecule has 238 valence electrons. The van der Waals surface area contributed by atoms with Gasteiger partial charge in [-0.3, -0.25) is 15.2 Å². The summed E-state index contributed by atoms with van der Waals surface area (Å²) in [6.07, 6.45) is 23.1. The van der Waals surface area contributed by atoms with E-state index in [9.17, 15) is 4.79 Å². The van der Waals surface area contributed by atoms with Gasteiger partial charge in [-0.25, -0.2) is 0 Å². The maximum absolute atomic E-state index is 13.7. The number of nitrogens with one attached hydrogen (secondary N) is 3. The first-order valence-corrected chi connectivity index (χ1v) is 16.8. The van der Waals surface area contributed by atoms with Crippen molar-refractivity contribution in [2.75, 3.05) is 13.7 Å². The molecule has 44 heavy (non-hydrogen) atoms. The number of pyridine rings is 1. The van der Waals surface area contributed by atoms with Crippen molar-refractivity contribution in [1.29, 1.82) is 5.41 Å². The summed E-state index contributed by atoms with van der Waals surface area (Å²) in [5.74, 6) is 0.598. The first kappa shape index (κ1) is 32.2. The zero-order valence-electron chi connectivity index (χ0n) is 27.0. The predicted octanol–water partition coefficient (Wildman–Crippen LogP) is 6.12. The van der Waals surface area contributed by atoms with Gasteiger partial charge in [-0.05, 0) is 85.0 Å². The van der Waals surface area contributed by atoms with Crippen molar-refractivity contribution in [3.05, 3.63) is 71.4 Å². The monoisotopic (exact) mass is 600 g/mol. The summed E-state index contributed by atoms with van der Waals surface area (Å²) in [5, 5.41) is 15.6. The number of carbonyl (C=O) groups is 1. The number of aromatic nitrogens is 3. The van der Waals surface area contributed by atoms with E-state index in [2.05, 4.69) is 21.7 Å². The molecule has 8 heteroatoms. The molecule has 2 fully saturated rings. The van der Waals surface area contributed by atoms with E-state index in [4.69, 9.17) is 10.1 Å². The fraction of sp³-hybridized carbons (Fsp3) is 0.583. The Morgan fingerprint density at radius 3 is 2.43 bits per heavy atom. The number of hydrogen-bond acceptors (Lipinski definition) is 5. The van der Waals surface area contributed by atoms with E-state index in [-0.39, 0.29) is 18.1 Å². The van der Waals surface area contributed by atoms with Crippen LogP contribution in [0.4, 0.5) is 0 Å². The number of aryl methyl sites for hydroxylation is 2. The summed E-state index contributed by atoms with van der Waals surface area (Å²) in [4.78, 5) is 18.0. The number of nitrogens with zero attached hydrogens (tertiary/aromatic N) is 3. The Morgan fingerprint density at radius 1 is 1.05 bits per heavy atom. The summed E-state index contributed by atoms with van der Waals surface area (Å²) in [6.45, 7) is 3.13. The van der Waals surface area contributed by atoms with E-state index >= 15 is 0 Å². The van der Waals surface area contributed by atoms with Crippen LogP contribution in [-0.4, -0.2) is 51.9 Å². The van der Waals surface area contributed by atoms with Crippen molar-refractivity contribution in [2.45, 2.75) is 109 Å². The Kier molecular flexibility index (Phi) is 11.5. The minimum atomic E-state index is -0.0724. The molecular formula is C36H52N6O2. The van der Waals surface area contributed by atoms with E-state index in [1.54, 1.807) is 10.8 Å². The molecule has 2 aromatic heterocycles. The highest BCUT2D eigenvalue weighted by atomic mass is 16.5. The lowest BCUT2D eigenvalue weighted by atomic mass is 9.82. The van der Waals surface area contributed by atoms with E-state index < -0.39 is 0 Å². The number of piperidine rings is 1. The SMILES string of the molecule is COC1CC(CNC(=O)c2cc(Cn3ccn(C)c3=N)cc(-c3ccncc3C)c2)NC(C2CCCCCCCCCC2)C1. The smallest absolute Gasteiger partial charge is 0.251 e. The van der Waals surface area contributed by atoms with Crippen LogP contribution >= 0.6 is 0 Å². The average Bonchev–Trinajstić information content (AvgIpc) is 3.31. The van der Waals surface area contributed by atoms with E-state index in [0.717, 1.165) is 35.1 Å². The molecule has 3 heterocycles. The van der Waals surface area contributed by atoms with Crippen LogP contribution in [0.5, 0.6) is 0 Å². The molecule has 1 aliphatic heterocycles. The summed E-state index contributed by atoms with van der Waals surface area (Å²) in [6, 6.07) is 8.68. The number of imidazole rings is 1. The molecule has 2 aliphatic rings. The zero-order chi connectivity index (χ0) is 30.9. The van der Waals surface area contributed by atoms with Crippen molar-refractivity contribution in [3.63, 3.8) is 0 Å². The highest BCUT2D eigenvalue weighted by Crippen LogP contribution is 2.30. The molecule has 1 saturated heterocycles. The lowest BCUT2D eigenvalue weighted by Crippen LogP contribution is -2.54. The summed E-state index contributed by atoms with van der Waals surface area (Å²) >= 11 is 0. The van der Waals surface area contributed by atoms with Crippen molar-refractivity contribution in [1.82, 2.24) is 24.8 Å². The number of benzene rings is 1. The lowest BCUT2D eigenvalue weighted by Gasteiger charge is -2.40. The largest absolute Gasteiger partial charge is 0.381 e. The minimum absolute atomic E-state index is 0.0724. The van der Waals surface area contributed by atoms with Crippen LogP contribution in [0.1, 0.15) is 98.5 Å². The molecule has 3 atom stereocenters. The first-order valence-electron chi connectivity index (χ1n) is 16.8. The number of carbonyl (C=O) groups excluding carboxylic acids is 1. The van der Waals surface area contributed by atoms with Gasteiger partial charge in [0.15, 0.2) is 0 Å². The zero-order valence-corrected chi connectivity index (χ0v) is 27.0. The summed E-state index contributed by atoms with van der Waals surface area (Å²) < 4.78 is 9.60. The third kappa shape index (κ3) is 8.48. The molecule has 1 saturated carbocycles. The molecule has 1 amide bonds. The van der Waals surface area contributed by atoms with Crippen LogP contribution < -0.4 is 16.3 Å². The van der Waals surface area contributed by atoms with Crippen LogP contribution in [0.3, 0.4) is 0 Å². The highest BCUT2D eigenvalue weighted by Gasteiger charge is 2.33. The number of methoxy groups -OCH3 is 1. The van der Waals surface area contributed by atoms with E-state index in [1.807, 2.05) is 62.4 Å². The Bertz CT molecular complexity index is 1420. The van der Waals surface area contributed by atoms with Crippen LogP contribution in [-0.2, 0) is 18.3 Å². The third-order valence-electron chi connectivity index (χ3n) is 9.84. The molecule has 0 radical (unpaired) electrons. The maximum Gasteiger partial charge on any atom is 0.251 e. The second-order valence-corrected chi connectivity index (χ2v) is 13.1. The molecule has 3 aromatic rings. The van der Waals surface area contributed by atoms with Gasteiger partial charge in [-0.2, -0.15) is 0 Å². The van der Waals surface area contributed by atoms with Gasteiger partial charge in [-0.15, -0.1) is 0 Å². The van der Waals surface area contributed by atoms with Crippen molar-refractivity contribution in [3.8, 4) is 11.1 Å². The van der Waals surface area contributed by atoms with Crippen molar-refractivity contribution in [2.24, 2.45) is 13.0 Å². The fourth-order valence-electron chi connectivity index (χ4n) is 7.25. The van der Waals surface area contributed by atoms with Gasteiger partial charge < -0.3 is 24.5 Å². The van der Waals surface area contributed by atoms with Gasteiger partial charge in [-0.1, -0.05) is 51.4 Å². The number of hydrogen-bond donors (Lipinski definition) is 3. The normalized spacial score (nSPS) is 22.3. The van der Waals surface area contributed by atoms with Gasteiger partial charge in [0.05, 0.1) is 12.6 Å². The predicted molar refractivity (Wildman–Crippen MR) is 176 cm³/mol. The second kappa shape index (κ2) is 15.7. The van der Waals surface area contributed by atoms with Crippen molar-refractivity contribution < 1.29 is 9.53 Å². The Balaban J connectivity index is 1.30. The second-order valence-electron chi connectivity index (χ2n) is 13.1. The van der Waals surface area contributed by atoms with Crippen molar-refractivity contribution >= 4 is 5.91 Å². The third-order valence-corrected chi connectivity index (χ3v) is 9.84. The fourth-order valence-corrected chi connectivity index (χ4v) is 7.25. The number of ether oxygens (including phenoxy) is 1. The molecular weight excluding hydrogens is 548 g/mol. The molecule has 3 N–H and O–H groups in total. The number of rotatable bonds is 8. The van der Waals surface area contributed by atoms with Gasteiger partial charge in [0.25, 0.3) is 5.91 Å². The molecule has 1 aromatic carbocycles. The van der Waals surface area contributed by atoms with Crippen LogP contribution in [0.25, 0.3) is 11.1 Å².